The second-order valence-corrected chi connectivity index (χ2v) is 6.30. The molecule has 1 atom stereocenters. The van der Waals surface area contributed by atoms with Crippen molar-refractivity contribution < 1.29 is 14.3 Å². The summed E-state index contributed by atoms with van der Waals surface area (Å²) in [5.41, 5.74) is 0.853. The van der Waals surface area contributed by atoms with Gasteiger partial charge in [-0.25, -0.2) is 0 Å². The van der Waals surface area contributed by atoms with E-state index in [0.717, 1.165) is 13.2 Å². The number of rotatable bonds is 6. The monoisotopic (exact) mass is 357 g/mol. The first-order valence-electron chi connectivity index (χ1n) is 7.57. The van der Waals surface area contributed by atoms with Gasteiger partial charge in [-0.15, -0.1) is 0 Å². The van der Waals surface area contributed by atoms with Crippen LogP contribution in [0.4, 0.5) is 0 Å². The zero-order chi connectivity index (χ0) is 17.0. The van der Waals surface area contributed by atoms with Crippen molar-refractivity contribution in [2.45, 2.75) is 19.4 Å². The van der Waals surface area contributed by atoms with Crippen molar-refractivity contribution in [1.82, 2.24) is 4.90 Å². The van der Waals surface area contributed by atoms with E-state index in [1.807, 2.05) is 14.0 Å². The van der Waals surface area contributed by atoms with Crippen LogP contribution in [0.2, 0.25) is 10.0 Å². The molecule has 0 bridgehead atoms. The third-order valence-corrected chi connectivity index (χ3v) is 4.86. The Balaban J connectivity index is 2.10. The minimum absolute atomic E-state index is 0.166. The predicted molar refractivity (Wildman–Crippen MR) is 93.0 cm³/mol. The van der Waals surface area contributed by atoms with Crippen LogP contribution in [0, 0.1) is 0 Å². The van der Waals surface area contributed by atoms with Gasteiger partial charge >= 0.3 is 0 Å². The normalized spacial score (nSPS) is 18.7. The lowest BCUT2D eigenvalue weighted by Gasteiger charge is -2.32. The molecule has 0 amide bonds. The van der Waals surface area contributed by atoms with Gasteiger partial charge in [0.05, 0.1) is 24.3 Å². The van der Waals surface area contributed by atoms with Gasteiger partial charge in [0, 0.05) is 12.1 Å². The van der Waals surface area contributed by atoms with Gasteiger partial charge in [-0.2, -0.15) is 0 Å². The van der Waals surface area contributed by atoms with Crippen molar-refractivity contribution in [3.63, 3.8) is 0 Å². The van der Waals surface area contributed by atoms with Crippen LogP contribution in [0.1, 0.15) is 23.7 Å². The van der Waals surface area contributed by atoms with Gasteiger partial charge in [-0.05, 0) is 31.2 Å². The highest BCUT2D eigenvalue weighted by molar-refractivity contribution is 6.45. The molecule has 126 valence electrons. The number of hydrogen-bond donors (Lipinski definition) is 0. The molecule has 0 aromatic heterocycles. The van der Waals surface area contributed by atoms with Gasteiger partial charge in [0.25, 0.3) is 0 Å². The predicted octanol–water partition coefficient (Wildman–Crippen LogP) is 3.85. The van der Waals surface area contributed by atoms with E-state index in [2.05, 4.69) is 11.5 Å². The number of hydrogen-bond acceptors (Lipinski definition) is 4. The maximum Gasteiger partial charge on any atom is 0.189 e. The van der Waals surface area contributed by atoms with Crippen LogP contribution in [0.15, 0.2) is 24.3 Å². The molecule has 0 radical (unpaired) electrons. The van der Waals surface area contributed by atoms with E-state index < -0.39 is 0 Å². The highest BCUT2D eigenvalue weighted by Gasteiger charge is 2.22. The summed E-state index contributed by atoms with van der Waals surface area (Å²) in [5.74, 6) is 0.278. The van der Waals surface area contributed by atoms with Gasteiger partial charge in [0.2, 0.25) is 0 Å². The Labute approximate surface area is 147 Å². The average Bonchev–Trinajstić information content (AvgIpc) is 2.56. The highest BCUT2D eigenvalue weighted by Crippen LogP contribution is 2.36. The lowest BCUT2D eigenvalue weighted by molar-refractivity contribution is -0.0107. The van der Waals surface area contributed by atoms with Crippen LogP contribution in [0.25, 0.3) is 0 Å². The number of carbonyl (C=O) groups excluding carboxylic acids is 1. The number of halogens is 2. The SMILES string of the molecule is C=C(CC)C(=O)c1ccc(OCC2COCCN2C)c(Cl)c1Cl. The molecule has 1 aliphatic heterocycles. The van der Waals surface area contributed by atoms with Gasteiger partial charge in [0.1, 0.15) is 17.4 Å². The first-order chi connectivity index (χ1) is 11.0. The lowest BCUT2D eigenvalue weighted by atomic mass is 10.0. The van der Waals surface area contributed by atoms with E-state index in [1.54, 1.807) is 12.1 Å². The molecule has 23 heavy (non-hydrogen) atoms. The van der Waals surface area contributed by atoms with Crippen LogP contribution in [0.5, 0.6) is 5.75 Å². The molecule has 0 N–H and O–H groups in total. The van der Waals surface area contributed by atoms with Crippen LogP contribution in [-0.4, -0.2) is 50.1 Å². The maximum absolute atomic E-state index is 12.2. The van der Waals surface area contributed by atoms with Crippen molar-refractivity contribution in [3.05, 3.63) is 39.9 Å². The molecule has 1 saturated heterocycles. The van der Waals surface area contributed by atoms with Crippen molar-refractivity contribution in [2.24, 2.45) is 0 Å². The molecule has 6 heteroatoms. The number of ether oxygens (including phenoxy) is 2. The van der Waals surface area contributed by atoms with E-state index in [-0.39, 0.29) is 21.9 Å². The van der Waals surface area contributed by atoms with E-state index in [0.29, 0.717) is 36.5 Å². The van der Waals surface area contributed by atoms with Gasteiger partial charge < -0.3 is 9.47 Å². The first-order valence-corrected chi connectivity index (χ1v) is 8.32. The minimum Gasteiger partial charge on any atom is -0.490 e. The summed E-state index contributed by atoms with van der Waals surface area (Å²) in [6.45, 7) is 8.29. The molecule has 1 heterocycles. The second kappa shape index (κ2) is 8.15. The van der Waals surface area contributed by atoms with Gasteiger partial charge in [0.15, 0.2) is 5.78 Å². The van der Waals surface area contributed by atoms with Crippen molar-refractivity contribution >= 4 is 29.0 Å². The summed E-state index contributed by atoms with van der Waals surface area (Å²) >= 11 is 12.5. The van der Waals surface area contributed by atoms with Gasteiger partial charge in [-0.1, -0.05) is 36.7 Å². The topological polar surface area (TPSA) is 38.8 Å². The second-order valence-electron chi connectivity index (χ2n) is 5.55. The van der Waals surface area contributed by atoms with Gasteiger partial charge in [-0.3, -0.25) is 9.69 Å². The summed E-state index contributed by atoms with van der Waals surface area (Å²) in [4.78, 5) is 14.4. The summed E-state index contributed by atoms with van der Waals surface area (Å²) in [6, 6.07) is 3.47. The molecule has 1 fully saturated rings. The Morgan fingerprint density at radius 1 is 1.43 bits per heavy atom. The molecular weight excluding hydrogens is 337 g/mol. The Morgan fingerprint density at radius 3 is 2.83 bits per heavy atom. The number of ketones is 1. The molecular formula is C17H21Cl2NO3. The first kappa shape index (κ1) is 18.3. The summed E-state index contributed by atoms with van der Waals surface area (Å²) in [6.07, 6.45) is 0.568. The fourth-order valence-corrected chi connectivity index (χ4v) is 2.73. The Morgan fingerprint density at radius 2 is 2.17 bits per heavy atom. The average molecular weight is 358 g/mol. The third kappa shape index (κ3) is 4.27. The fraction of sp³-hybridized carbons (Fsp3) is 0.471. The third-order valence-electron chi connectivity index (χ3n) is 3.99. The van der Waals surface area contributed by atoms with Crippen LogP contribution in [-0.2, 0) is 4.74 Å². The largest absolute Gasteiger partial charge is 0.490 e. The van der Waals surface area contributed by atoms with Crippen molar-refractivity contribution in [1.29, 1.82) is 0 Å². The molecule has 1 aromatic rings. The number of likely N-dealkylation sites (N-methyl/N-ethyl adjacent to an activating group) is 1. The minimum atomic E-state index is -0.189. The zero-order valence-electron chi connectivity index (χ0n) is 13.4. The van der Waals surface area contributed by atoms with Crippen LogP contribution in [0.3, 0.4) is 0 Å². The summed E-state index contributed by atoms with van der Waals surface area (Å²) in [7, 11) is 2.03. The molecule has 1 aromatic carbocycles. The Hall–Kier alpha value is -1.07. The molecule has 2 rings (SSSR count). The highest BCUT2D eigenvalue weighted by atomic mass is 35.5. The fourth-order valence-electron chi connectivity index (χ4n) is 2.27. The lowest BCUT2D eigenvalue weighted by Crippen LogP contribution is -2.46. The molecule has 0 aliphatic carbocycles. The standard InChI is InChI=1S/C17H21Cl2NO3/c1-4-11(2)17(21)13-5-6-14(16(19)15(13)18)23-10-12-9-22-8-7-20(12)3/h5-6,12H,2,4,7-10H2,1,3H3. The maximum atomic E-state index is 12.2. The van der Waals surface area contributed by atoms with Crippen LogP contribution >= 0.6 is 23.2 Å². The molecule has 1 unspecified atom stereocenters. The van der Waals surface area contributed by atoms with E-state index >= 15 is 0 Å². The zero-order valence-corrected chi connectivity index (χ0v) is 14.9. The molecule has 4 nitrogen and oxygen atoms in total. The number of carbonyl (C=O) groups is 1. The van der Waals surface area contributed by atoms with E-state index in [1.165, 1.54) is 0 Å². The summed E-state index contributed by atoms with van der Waals surface area (Å²) in [5, 5.41) is 0.456. The van der Waals surface area contributed by atoms with E-state index in [4.69, 9.17) is 32.7 Å². The number of benzene rings is 1. The molecule has 0 saturated carbocycles. The number of morpholine rings is 1. The van der Waals surface area contributed by atoms with E-state index in [9.17, 15) is 4.79 Å². The Kier molecular flexibility index (Phi) is 6.48. The number of Topliss-reactive ketones (excluding diaryl/α,β-unsaturated/α-hetero) is 1. The quantitative estimate of drug-likeness (QED) is 0.572. The van der Waals surface area contributed by atoms with Crippen molar-refractivity contribution in [2.75, 3.05) is 33.4 Å². The summed E-state index contributed by atoms with van der Waals surface area (Å²) < 4.78 is 11.2. The van der Waals surface area contributed by atoms with Crippen molar-refractivity contribution in [3.8, 4) is 5.75 Å². The van der Waals surface area contributed by atoms with Crippen LogP contribution < -0.4 is 4.74 Å². The molecule has 1 aliphatic rings. The number of nitrogens with zero attached hydrogens (tertiary/aromatic N) is 1. The molecule has 0 spiro atoms. The Bertz CT molecular complexity index is 604. The number of allylic oxidation sites excluding steroid dienone is 1. The smallest absolute Gasteiger partial charge is 0.189 e.